The maximum atomic E-state index is 12.5. The van der Waals surface area contributed by atoms with Crippen molar-refractivity contribution in [3.63, 3.8) is 0 Å². The number of amides is 2. The van der Waals surface area contributed by atoms with Gasteiger partial charge in [0, 0.05) is 5.69 Å². The molecule has 2 fully saturated rings. The number of carbonyl (C=O) groups excluding carboxylic acids is 1. The highest BCUT2D eigenvalue weighted by atomic mass is 16.6. The maximum Gasteiger partial charge on any atom is 0.341 e. The Hall–Kier alpha value is -4.87. The molecule has 0 bridgehead atoms. The molecule has 0 aliphatic carbocycles. The lowest BCUT2D eigenvalue weighted by Crippen LogP contribution is -2.45. The van der Waals surface area contributed by atoms with E-state index in [4.69, 9.17) is 19.5 Å². The van der Waals surface area contributed by atoms with Crippen LogP contribution in [0.3, 0.4) is 0 Å². The molecule has 0 saturated carbocycles. The molecule has 2 saturated heterocycles. The zero-order valence-corrected chi connectivity index (χ0v) is 19.2. The highest BCUT2D eigenvalue weighted by Gasteiger charge is 2.50. The van der Waals surface area contributed by atoms with Crippen molar-refractivity contribution in [1.82, 2.24) is 40.3 Å². The Bertz CT molecular complexity index is 1430. The van der Waals surface area contributed by atoms with E-state index in [9.17, 15) is 4.79 Å². The molecule has 4 atom stereocenters. The Morgan fingerprint density at radius 1 is 1.14 bits per heavy atom. The van der Waals surface area contributed by atoms with Gasteiger partial charge in [-0.3, -0.25) is 0 Å². The zero-order chi connectivity index (χ0) is 25.2. The quantitative estimate of drug-likeness (QED) is 0.395. The van der Waals surface area contributed by atoms with Gasteiger partial charge < -0.3 is 24.8 Å². The standard InChI is InChI=1S/C23H20N10O4/c24-9-14-2-1-3-15(8-14)27-22(34)28-18-10-35-21-19(11-36-20(18)21)33-23(29-30-31-33)37-17-6-4-16(5-7-17)32-13-25-12-26-32/h1-8,12-13,18-21H,10-11H2,(H2,27,28,34). The number of nitrogens with zero attached hydrogens (tertiary/aromatic N) is 8. The Labute approximate surface area is 209 Å². The average molecular weight is 500 g/mol. The first-order valence-corrected chi connectivity index (χ1v) is 11.4. The minimum atomic E-state index is -0.419. The van der Waals surface area contributed by atoms with Crippen LogP contribution >= 0.6 is 0 Å². The van der Waals surface area contributed by atoms with Crippen LogP contribution in [0.1, 0.15) is 11.6 Å². The second kappa shape index (κ2) is 9.64. The monoisotopic (exact) mass is 500 g/mol. The van der Waals surface area contributed by atoms with E-state index in [2.05, 4.69) is 36.2 Å². The van der Waals surface area contributed by atoms with Crippen molar-refractivity contribution in [2.24, 2.45) is 0 Å². The van der Waals surface area contributed by atoms with Gasteiger partial charge in [0.1, 0.15) is 36.7 Å². The van der Waals surface area contributed by atoms with Crippen molar-refractivity contribution in [2.75, 3.05) is 18.5 Å². The van der Waals surface area contributed by atoms with Gasteiger partial charge in [-0.15, -0.1) is 0 Å². The molecule has 4 heterocycles. The van der Waals surface area contributed by atoms with Crippen molar-refractivity contribution in [2.45, 2.75) is 24.3 Å². The van der Waals surface area contributed by atoms with Gasteiger partial charge in [0.05, 0.1) is 36.6 Å². The molecule has 2 aromatic carbocycles. The molecule has 6 rings (SSSR count). The van der Waals surface area contributed by atoms with E-state index in [0.29, 0.717) is 17.0 Å². The Kier molecular flexibility index (Phi) is 5.89. The van der Waals surface area contributed by atoms with Gasteiger partial charge in [-0.25, -0.2) is 14.5 Å². The zero-order valence-electron chi connectivity index (χ0n) is 19.2. The Balaban J connectivity index is 1.09. The number of hydrogen-bond acceptors (Lipinski definition) is 10. The van der Waals surface area contributed by atoms with Crippen LogP contribution in [0.25, 0.3) is 5.69 Å². The molecule has 2 amide bonds. The number of hydrogen-bond donors (Lipinski definition) is 2. The summed E-state index contributed by atoms with van der Waals surface area (Å²) in [6.07, 6.45) is 2.29. The molecule has 2 aliphatic rings. The number of anilines is 1. The van der Waals surface area contributed by atoms with Crippen LogP contribution in [0.5, 0.6) is 11.8 Å². The second-order valence-electron chi connectivity index (χ2n) is 8.40. The van der Waals surface area contributed by atoms with Crippen molar-refractivity contribution >= 4 is 11.7 Å². The van der Waals surface area contributed by atoms with Gasteiger partial charge in [-0.2, -0.15) is 15.0 Å². The van der Waals surface area contributed by atoms with Gasteiger partial charge in [-0.05, 0) is 52.9 Å². The van der Waals surface area contributed by atoms with E-state index in [1.54, 1.807) is 47.4 Å². The van der Waals surface area contributed by atoms with Crippen LogP contribution in [0.2, 0.25) is 0 Å². The molecule has 14 heteroatoms. The summed E-state index contributed by atoms with van der Waals surface area (Å²) in [5.74, 6) is 0.541. The summed E-state index contributed by atoms with van der Waals surface area (Å²) in [6, 6.07) is 15.0. The van der Waals surface area contributed by atoms with Crippen molar-refractivity contribution in [3.8, 4) is 23.5 Å². The predicted octanol–water partition coefficient (Wildman–Crippen LogP) is 1.45. The van der Waals surface area contributed by atoms with E-state index in [0.717, 1.165) is 5.69 Å². The van der Waals surface area contributed by atoms with Crippen LogP contribution in [-0.2, 0) is 9.47 Å². The maximum absolute atomic E-state index is 12.5. The van der Waals surface area contributed by atoms with Crippen LogP contribution in [-0.4, -0.2) is 72.5 Å². The van der Waals surface area contributed by atoms with Gasteiger partial charge in [0.25, 0.3) is 0 Å². The number of rotatable bonds is 6. The van der Waals surface area contributed by atoms with Crippen molar-refractivity contribution < 1.29 is 19.0 Å². The van der Waals surface area contributed by atoms with E-state index in [1.807, 2.05) is 18.2 Å². The number of aromatic nitrogens is 7. The normalized spacial score (nSPS) is 22.2. The Morgan fingerprint density at radius 3 is 2.81 bits per heavy atom. The van der Waals surface area contributed by atoms with Gasteiger partial charge in [0.15, 0.2) is 0 Å². The number of urea groups is 1. The van der Waals surface area contributed by atoms with Gasteiger partial charge in [0.2, 0.25) is 0 Å². The molecule has 0 radical (unpaired) electrons. The van der Waals surface area contributed by atoms with Crippen LogP contribution in [0.15, 0.2) is 61.2 Å². The van der Waals surface area contributed by atoms with E-state index in [1.165, 1.54) is 11.0 Å². The first kappa shape index (κ1) is 22.6. The number of nitriles is 1. The molecule has 14 nitrogen and oxygen atoms in total. The van der Waals surface area contributed by atoms with E-state index in [-0.39, 0.29) is 43.5 Å². The number of fused-ring (bicyclic) bond motifs is 1. The first-order valence-electron chi connectivity index (χ1n) is 11.4. The SMILES string of the molecule is N#Cc1cccc(NC(=O)NC2COC3C2OCC3n2nnnc2Oc2ccc(-n3cncn3)cc2)c1. The lowest BCUT2D eigenvalue weighted by Gasteiger charge is -2.18. The summed E-state index contributed by atoms with van der Waals surface area (Å²) in [5, 5.41) is 30.6. The number of nitrogens with one attached hydrogen (secondary N) is 2. The molecular formula is C23H20N10O4. The molecule has 4 unspecified atom stereocenters. The Morgan fingerprint density at radius 2 is 2.00 bits per heavy atom. The van der Waals surface area contributed by atoms with E-state index >= 15 is 0 Å². The summed E-state index contributed by atoms with van der Waals surface area (Å²) in [5.41, 5.74) is 1.80. The average Bonchev–Trinajstić information content (AvgIpc) is 3.71. The fraction of sp³-hybridized carbons (Fsp3) is 0.261. The second-order valence-corrected chi connectivity index (χ2v) is 8.40. The summed E-state index contributed by atoms with van der Waals surface area (Å²) in [6.45, 7) is 0.547. The number of tetrazole rings is 1. The van der Waals surface area contributed by atoms with E-state index < -0.39 is 6.03 Å². The molecule has 37 heavy (non-hydrogen) atoms. The predicted molar refractivity (Wildman–Crippen MR) is 125 cm³/mol. The molecule has 2 N–H and O–H groups in total. The summed E-state index contributed by atoms with van der Waals surface area (Å²) in [4.78, 5) is 16.5. The third-order valence-electron chi connectivity index (χ3n) is 6.10. The lowest BCUT2D eigenvalue weighted by atomic mass is 10.1. The first-order chi connectivity index (χ1) is 18.2. The minimum Gasteiger partial charge on any atom is -0.423 e. The summed E-state index contributed by atoms with van der Waals surface area (Å²) >= 11 is 0. The lowest BCUT2D eigenvalue weighted by molar-refractivity contribution is 0.0613. The highest BCUT2D eigenvalue weighted by Crippen LogP contribution is 2.36. The number of carbonyl (C=O) groups is 1. The molecule has 2 aromatic heterocycles. The largest absolute Gasteiger partial charge is 0.423 e. The van der Waals surface area contributed by atoms with Crippen LogP contribution in [0.4, 0.5) is 10.5 Å². The fourth-order valence-corrected chi connectivity index (χ4v) is 4.39. The highest BCUT2D eigenvalue weighted by molar-refractivity contribution is 5.89. The number of benzene rings is 2. The fourth-order valence-electron chi connectivity index (χ4n) is 4.39. The third-order valence-corrected chi connectivity index (χ3v) is 6.10. The molecule has 4 aromatic rings. The van der Waals surface area contributed by atoms with Crippen LogP contribution in [0, 0.1) is 11.3 Å². The number of ether oxygens (including phenoxy) is 3. The molecular weight excluding hydrogens is 480 g/mol. The summed E-state index contributed by atoms with van der Waals surface area (Å²) in [7, 11) is 0. The van der Waals surface area contributed by atoms with Gasteiger partial charge in [-0.1, -0.05) is 11.2 Å². The molecule has 186 valence electrons. The minimum absolute atomic E-state index is 0.192. The molecule has 0 spiro atoms. The summed E-state index contributed by atoms with van der Waals surface area (Å²) < 4.78 is 21.1. The van der Waals surface area contributed by atoms with Gasteiger partial charge >= 0.3 is 12.0 Å². The molecule has 2 aliphatic heterocycles. The third kappa shape index (κ3) is 4.56. The topological polar surface area (TPSA) is 167 Å². The van der Waals surface area contributed by atoms with Crippen LogP contribution < -0.4 is 15.4 Å². The van der Waals surface area contributed by atoms with Crippen molar-refractivity contribution in [1.29, 1.82) is 5.26 Å². The smallest absolute Gasteiger partial charge is 0.341 e. The van der Waals surface area contributed by atoms with Crippen molar-refractivity contribution in [3.05, 3.63) is 66.7 Å².